The Bertz CT molecular complexity index is 2510. The molecule has 11 rings (SSSR count). The van der Waals surface area contributed by atoms with Crippen molar-refractivity contribution < 1.29 is 91.5 Å². The molecular weight excluding hydrogens is 1060 g/mol. The third-order valence-electron chi connectivity index (χ3n) is 19.9. The lowest BCUT2D eigenvalue weighted by atomic mass is 9.73. The largest absolute Gasteiger partial charge is 0.397 e. The molecule has 22 heteroatoms. The van der Waals surface area contributed by atoms with E-state index in [2.05, 4.69) is 63.8 Å². The second kappa shape index (κ2) is 21.7. The van der Waals surface area contributed by atoms with Gasteiger partial charge in [0.2, 0.25) is 0 Å². The lowest BCUT2D eigenvalue weighted by molar-refractivity contribution is -0.368. The van der Waals surface area contributed by atoms with Crippen LogP contribution in [0.3, 0.4) is 0 Å². The molecule has 20 nitrogen and oxygen atoms in total. The van der Waals surface area contributed by atoms with Gasteiger partial charge in [0.25, 0.3) is 0 Å². The normalized spacial score (nSPS) is 50.6. The second-order valence-electron chi connectivity index (χ2n) is 25.6. The van der Waals surface area contributed by atoms with E-state index in [9.17, 15) is 26.5 Å². The van der Waals surface area contributed by atoms with E-state index in [1.807, 2.05) is 13.0 Å². The van der Waals surface area contributed by atoms with Crippen LogP contribution in [0.4, 0.5) is 0 Å². The Balaban J connectivity index is 0.741. The first-order chi connectivity index (χ1) is 36.7. The van der Waals surface area contributed by atoms with Crippen molar-refractivity contribution in [3.8, 4) is 0 Å². The average Bonchev–Trinajstić information content (AvgIpc) is 3.66. The molecule has 0 aromatic heterocycles. The van der Waals surface area contributed by atoms with E-state index in [0.29, 0.717) is 57.8 Å². The third kappa shape index (κ3) is 11.5. The maximum absolute atomic E-state index is 12.3. The van der Waals surface area contributed by atoms with Crippen molar-refractivity contribution in [2.24, 2.45) is 11.8 Å². The van der Waals surface area contributed by atoms with Crippen LogP contribution in [0.15, 0.2) is 49.1 Å². The van der Waals surface area contributed by atoms with Gasteiger partial charge >= 0.3 is 20.8 Å². The summed E-state index contributed by atoms with van der Waals surface area (Å²) in [5, 5.41) is 12.3. The predicted octanol–water partition coefficient (Wildman–Crippen LogP) is 6.33. The lowest BCUT2D eigenvalue weighted by Gasteiger charge is -2.60. The minimum atomic E-state index is -4.94. The molecular formula is C56H84O20S2. The number of ether oxygens (including phenoxy) is 11. The average molecular weight is 1140 g/mol. The SMILES string of the molecule is C=CCC(=C)/C=C/CC(C)[C@H]1O[C@@H]2C[C@@H]3O[C@@H]4C[C@@H]5O[C@@H]6C[C@@H]7O[C@@H]8C[C@@H]9O[C@@H]%10C[C@@H]%11O[C@](C)(CCOS(=O)(=O)O)[C@@H](OS(=O)(=O)O)C[C@H]%11O[C@H]%10C[C@H]9O[C@H]8CC[C@@]7(C)O[C@@]6(C)CC[C@H](C)[C@H]5O[C@H]4[C@@H](O)[C@@]3(C)O[C@H]2CC1=C. The van der Waals surface area contributed by atoms with Gasteiger partial charge in [0.15, 0.2) is 0 Å². The van der Waals surface area contributed by atoms with Crippen LogP contribution in [0.25, 0.3) is 0 Å². The fraction of sp³-hybridized carbons (Fsp3) is 0.857. The van der Waals surface area contributed by atoms with Crippen molar-refractivity contribution in [1.82, 2.24) is 0 Å². The summed E-state index contributed by atoms with van der Waals surface area (Å²) >= 11 is 0. The second-order valence-corrected chi connectivity index (χ2v) is 27.8. The molecule has 0 bridgehead atoms. The van der Waals surface area contributed by atoms with E-state index in [-0.39, 0.29) is 91.8 Å². The van der Waals surface area contributed by atoms with Crippen LogP contribution in [-0.4, -0.2) is 182 Å². The zero-order valence-corrected chi connectivity index (χ0v) is 47.6. The first-order valence-corrected chi connectivity index (χ1v) is 31.3. The highest BCUT2D eigenvalue weighted by Crippen LogP contribution is 2.54. The highest BCUT2D eigenvalue weighted by atomic mass is 32.3. The molecule has 0 saturated carbocycles. The van der Waals surface area contributed by atoms with Gasteiger partial charge < -0.3 is 57.2 Å². The molecule has 0 aromatic carbocycles. The van der Waals surface area contributed by atoms with E-state index in [1.54, 1.807) is 0 Å². The lowest BCUT2D eigenvalue weighted by Crippen LogP contribution is -2.73. The Labute approximate surface area is 460 Å². The van der Waals surface area contributed by atoms with Crippen LogP contribution in [0.2, 0.25) is 0 Å². The summed E-state index contributed by atoms with van der Waals surface area (Å²) in [6.45, 7) is 24.0. The van der Waals surface area contributed by atoms with Crippen molar-refractivity contribution in [1.29, 1.82) is 0 Å². The van der Waals surface area contributed by atoms with Crippen LogP contribution in [-0.2, 0) is 81.3 Å². The molecule has 0 radical (unpaired) electrons. The van der Waals surface area contributed by atoms with Gasteiger partial charge in [0, 0.05) is 51.4 Å². The molecule has 26 atom stereocenters. The summed E-state index contributed by atoms with van der Waals surface area (Å²) in [4.78, 5) is 0. The molecule has 11 saturated heterocycles. The van der Waals surface area contributed by atoms with E-state index in [0.717, 1.165) is 36.8 Å². The Kier molecular flexibility index (Phi) is 16.1. The molecule has 1 unspecified atom stereocenters. The molecule has 3 N–H and O–H groups in total. The topological polar surface area (TPSA) is 249 Å². The number of fused-ring (bicyclic) bond motifs is 10. The summed E-state index contributed by atoms with van der Waals surface area (Å²) < 4.78 is 151. The minimum absolute atomic E-state index is 0.00986. The Morgan fingerprint density at radius 2 is 1.27 bits per heavy atom. The number of aliphatic hydroxyl groups excluding tert-OH is 1. The third-order valence-corrected chi connectivity index (χ3v) is 20.8. The summed E-state index contributed by atoms with van der Waals surface area (Å²) in [6, 6.07) is 0. The van der Waals surface area contributed by atoms with Gasteiger partial charge in [-0.15, -0.1) is 6.58 Å². The van der Waals surface area contributed by atoms with Gasteiger partial charge in [0.1, 0.15) is 23.9 Å². The summed E-state index contributed by atoms with van der Waals surface area (Å²) in [5.41, 5.74) is -1.72. The number of hydrogen-bond donors (Lipinski definition) is 3. The molecule has 11 fully saturated rings. The number of rotatable bonds is 12. The van der Waals surface area contributed by atoms with E-state index in [1.165, 1.54) is 6.92 Å². The van der Waals surface area contributed by atoms with Gasteiger partial charge in [-0.25, -0.2) is 8.37 Å². The van der Waals surface area contributed by atoms with Gasteiger partial charge in [0.05, 0.1) is 127 Å². The van der Waals surface area contributed by atoms with E-state index < -0.39 is 105 Å². The standard InChI is InChI=1S/C56H84O20S2/c1-10-12-29(2)13-11-14-30(3)49-32(5)21-41-40(71-49)27-48-56(9,74-41)52(57)51-44(70-48)25-43-50(72-51)31(4)15-17-54(7)46(69-43)28-45-55(8,76-54)18-16-33-34(68-45)22-36-35(65-33)23-37-38(66-36)24-42-39(67-37)26-47(75-78(61,62)63)53(6,73-42)19-20-64-77(58,59)60/h10-11,13,30-31,33-52,57H,1-2,5,12,14-28H2,3-4,6-9H3,(H,58,59,60)(H,61,62,63)/b13-11+/t30?,31-,33-,34+,35+,36-,37-,38+,39+,40+,41-,42-,43-,44+,45-,46+,47-,48-,49+,50+,51+,52+,53+,54-,55+,56-/m0/s1. The van der Waals surface area contributed by atoms with Crippen LogP contribution in [0.1, 0.15) is 138 Å². The summed E-state index contributed by atoms with van der Waals surface area (Å²) in [7, 11) is -9.72. The van der Waals surface area contributed by atoms with E-state index in [4.69, 9.17) is 60.8 Å². The van der Waals surface area contributed by atoms with Crippen molar-refractivity contribution in [3.05, 3.63) is 49.1 Å². The highest BCUT2D eigenvalue weighted by Gasteiger charge is 2.65. The smallest absolute Gasteiger partial charge is 0.387 e. The molecule has 11 aliphatic heterocycles. The molecule has 0 aromatic rings. The molecule has 11 heterocycles. The van der Waals surface area contributed by atoms with Crippen molar-refractivity contribution in [3.63, 3.8) is 0 Å². The fourth-order valence-electron chi connectivity index (χ4n) is 15.5. The molecule has 78 heavy (non-hydrogen) atoms. The van der Waals surface area contributed by atoms with Gasteiger partial charge in [-0.1, -0.05) is 50.8 Å². The predicted molar refractivity (Wildman–Crippen MR) is 279 cm³/mol. The fourth-order valence-corrected chi connectivity index (χ4v) is 16.4. The zero-order valence-electron chi connectivity index (χ0n) is 46.0. The Morgan fingerprint density at radius 3 is 1.94 bits per heavy atom. The van der Waals surface area contributed by atoms with Crippen LogP contribution in [0.5, 0.6) is 0 Å². The Morgan fingerprint density at radius 1 is 0.692 bits per heavy atom. The van der Waals surface area contributed by atoms with Gasteiger partial charge in [-0.05, 0) is 90.0 Å². The van der Waals surface area contributed by atoms with Crippen LogP contribution in [0, 0.1) is 11.8 Å². The monoisotopic (exact) mass is 1140 g/mol. The highest BCUT2D eigenvalue weighted by molar-refractivity contribution is 7.81. The minimum Gasteiger partial charge on any atom is -0.387 e. The quantitative estimate of drug-likeness (QED) is 0.110. The molecule has 0 amide bonds. The van der Waals surface area contributed by atoms with E-state index >= 15 is 0 Å². The first-order valence-electron chi connectivity index (χ1n) is 28.6. The maximum atomic E-state index is 12.3. The zero-order chi connectivity index (χ0) is 55.5. The van der Waals surface area contributed by atoms with Gasteiger partial charge in [-0.3, -0.25) is 9.11 Å². The van der Waals surface area contributed by atoms with Crippen LogP contribution >= 0.6 is 0 Å². The molecule has 440 valence electrons. The van der Waals surface area contributed by atoms with Gasteiger partial charge in [-0.2, -0.15) is 16.8 Å². The molecule has 0 spiro atoms. The number of aliphatic hydroxyl groups is 1. The molecule has 11 aliphatic rings. The summed E-state index contributed by atoms with van der Waals surface area (Å²) in [5.74, 6) is 0.287. The Hall–Kier alpha value is -1.78. The number of hydrogen-bond acceptors (Lipinski definition) is 18. The van der Waals surface area contributed by atoms with Crippen LogP contribution < -0.4 is 0 Å². The molecule has 0 aliphatic carbocycles. The first kappa shape index (κ1) is 58.0. The maximum Gasteiger partial charge on any atom is 0.397 e. The van der Waals surface area contributed by atoms with Crippen molar-refractivity contribution in [2.45, 2.75) is 282 Å². The van der Waals surface area contributed by atoms with Crippen molar-refractivity contribution >= 4 is 20.8 Å². The van der Waals surface area contributed by atoms with Crippen molar-refractivity contribution in [2.75, 3.05) is 6.61 Å². The number of allylic oxidation sites excluding steroid dienone is 4. The summed E-state index contributed by atoms with van der Waals surface area (Å²) in [6.07, 6.45) is 5.44.